The fraction of sp³-hybridized carbons (Fsp3) is 0.824. The molecule has 2 aliphatic rings. The van der Waals surface area contributed by atoms with E-state index in [4.69, 9.17) is 4.98 Å². The van der Waals surface area contributed by atoms with Crippen LogP contribution < -0.4 is 4.90 Å². The quantitative estimate of drug-likeness (QED) is 0.910. The molecule has 1 saturated carbocycles. The predicted octanol–water partition coefficient (Wildman–Crippen LogP) is 4.17. The molecule has 1 heterocycles. The lowest BCUT2D eigenvalue weighted by Gasteiger charge is -2.31. The maximum absolute atomic E-state index is 10.4. The maximum Gasteiger partial charge on any atom is 0.185 e. The van der Waals surface area contributed by atoms with Crippen LogP contribution >= 0.6 is 11.3 Å². The van der Waals surface area contributed by atoms with Gasteiger partial charge in [0, 0.05) is 13.6 Å². The van der Waals surface area contributed by atoms with Crippen molar-refractivity contribution in [3.63, 3.8) is 0 Å². The summed E-state index contributed by atoms with van der Waals surface area (Å²) in [6.07, 6.45) is 8.45. The highest BCUT2D eigenvalue weighted by Gasteiger charge is 2.34. The zero-order chi connectivity index (χ0) is 15.0. The minimum Gasteiger partial charge on any atom is -0.387 e. The second-order valence-electron chi connectivity index (χ2n) is 7.75. The van der Waals surface area contributed by atoms with Crippen LogP contribution in [0.2, 0.25) is 0 Å². The van der Waals surface area contributed by atoms with Crippen LogP contribution in [0.5, 0.6) is 0 Å². The molecule has 1 aromatic rings. The van der Waals surface area contributed by atoms with Gasteiger partial charge in [0.05, 0.1) is 16.7 Å². The average Bonchev–Trinajstić information content (AvgIpc) is 2.82. The fourth-order valence-electron chi connectivity index (χ4n) is 3.88. The third-order valence-electron chi connectivity index (χ3n) is 4.99. The van der Waals surface area contributed by atoms with Crippen molar-refractivity contribution in [3.8, 4) is 0 Å². The van der Waals surface area contributed by atoms with Gasteiger partial charge < -0.3 is 10.0 Å². The van der Waals surface area contributed by atoms with E-state index in [0.29, 0.717) is 0 Å². The molecule has 1 fully saturated rings. The molecule has 0 bridgehead atoms. The van der Waals surface area contributed by atoms with E-state index in [2.05, 4.69) is 25.8 Å². The Kier molecular flexibility index (Phi) is 4.28. The summed E-state index contributed by atoms with van der Waals surface area (Å²) in [5.74, 6) is 0.825. The average molecular weight is 308 g/mol. The third-order valence-corrected chi connectivity index (χ3v) is 6.31. The van der Waals surface area contributed by atoms with Crippen LogP contribution in [-0.4, -0.2) is 23.7 Å². The summed E-state index contributed by atoms with van der Waals surface area (Å²) in [6.45, 7) is 5.57. The summed E-state index contributed by atoms with van der Waals surface area (Å²) in [5.41, 5.74) is 1.30. The van der Waals surface area contributed by atoms with Gasteiger partial charge in [-0.15, -0.1) is 0 Å². The van der Waals surface area contributed by atoms with Crippen LogP contribution in [0.1, 0.15) is 69.0 Å². The Bertz CT molecular complexity index is 491. The normalized spacial score (nSPS) is 25.6. The van der Waals surface area contributed by atoms with E-state index in [1.54, 1.807) is 11.3 Å². The minimum absolute atomic E-state index is 0.166. The first-order valence-corrected chi connectivity index (χ1v) is 9.15. The van der Waals surface area contributed by atoms with E-state index in [0.717, 1.165) is 41.0 Å². The van der Waals surface area contributed by atoms with Crippen molar-refractivity contribution < 1.29 is 5.11 Å². The molecule has 3 nitrogen and oxygen atoms in total. The molecule has 1 N–H and O–H groups in total. The summed E-state index contributed by atoms with van der Waals surface area (Å²) < 4.78 is 0. The topological polar surface area (TPSA) is 36.4 Å². The van der Waals surface area contributed by atoms with E-state index in [-0.39, 0.29) is 11.5 Å². The lowest BCUT2D eigenvalue weighted by molar-refractivity contribution is 0.102. The first-order valence-electron chi connectivity index (χ1n) is 8.33. The van der Waals surface area contributed by atoms with Crippen molar-refractivity contribution in [3.05, 3.63) is 10.6 Å². The van der Waals surface area contributed by atoms with Crippen LogP contribution in [0.3, 0.4) is 0 Å². The molecule has 118 valence electrons. The number of aliphatic hydroxyl groups is 1. The summed E-state index contributed by atoms with van der Waals surface area (Å²) in [5, 5.41) is 11.5. The van der Waals surface area contributed by atoms with Gasteiger partial charge in [0.15, 0.2) is 5.13 Å². The van der Waals surface area contributed by atoms with Crippen molar-refractivity contribution >= 4 is 16.5 Å². The van der Waals surface area contributed by atoms with Crippen molar-refractivity contribution in [2.45, 2.75) is 64.9 Å². The number of aromatic nitrogens is 1. The van der Waals surface area contributed by atoms with E-state index in [1.807, 2.05) is 0 Å². The molecule has 1 unspecified atom stereocenters. The number of nitrogens with zero attached hydrogens (tertiary/aromatic N) is 2. The lowest BCUT2D eigenvalue weighted by Crippen LogP contribution is -2.27. The molecule has 3 rings (SSSR count). The standard InChI is InChI=1S/C17H28N2OS/c1-17(2)9-13-15(14(20)10-17)21-16(18-13)19(3)11-12-7-5-4-6-8-12/h12,14,20H,4-11H2,1-3H3. The monoisotopic (exact) mass is 308 g/mol. The largest absolute Gasteiger partial charge is 0.387 e. The second-order valence-corrected chi connectivity index (χ2v) is 8.76. The third kappa shape index (κ3) is 3.42. The summed E-state index contributed by atoms with van der Waals surface area (Å²) in [6, 6.07) is 0. The predicted molar refractivity (Wildman–Crippen MR) is 89.0 cm³/mol. The molecule has 0 aliphatic heterocycles. The van der Waals surface area contributed by atoms with Gasteiger partial charge in [0.2, 0.25) is 0 Å². The molecule has 1 aromatic heterocycles. The molecule has 21 heavy (non-hydrogen) atoms. The number of hydrogen-bond donors (Lipinski definition) is 1. The van der Waals surface area contributed by atoms with E-state index >= 15 is 0 Å². The Morgan fingerprint density at radius 3 is 2.71 bits per heavy atom. The number of thiazole rings is 1. The van der Waals surface area contributed by atoms with Crippen molar-refractivity contribution in [2.24, 2.45) is 11.3 Å². The molecule has 0 radical (unpaired) electrons. The SMILES string of the molecule is CN(CC1CCCCC1)c1nc2c(s1)C(O)CC(C)(C)C2. The van der Waals surface area contributed by atoms with Crippen LogP contribution in [-0.2, 0) is 6.42 Å². The smallest absolute Gasteiger partial charge is 0.185 e. The van der Waals surface area contributed by atoms with Crippen LogP contribution in [0.4, 0.5) is 5.13 Å². The van der Waals surface area contributed by atoms with Crippen molar-refractivity contribution in [1.29, 1.82) is 0 Å². The lowest BCUT2D eigenvalue weighted by atomic mass is 9.77. The zero-order valence-electron chi connectivity index (χ0n) is 13.6. The molecule has 0 spiro atoms. The molecule has 4 heteroatoms. The number of rotatable bonds is 3. The van der Waals surface area contributed by atoms with E-state index < -0.39 is 0 Å². The first kappa shape index (κ1) is 15.3. The van der Waals surface area contributed by atoms with Gasteiger partial charge in [0.1, 0.15) is 0 Å². The molecular formula is C17H28N2OS. The zero-order valence-corrected chi connectivity index (χ0v) is 14.4. The molecule has 0 amide bonds. The first-order chi connectivity index (χ1) is 9.94. The Morgan fingerprint density at radius 1 is 1.29 bits per heavy atom. The molecule has 1 atom stereocenters. The van der Waals surface area contributed by atoms with Gasteiger partial charge in [-0.1, -0.05) is 44.4 Å². The summed E-state index contributed by atoms with van der Waals surface area (Å²) >= 11 is 1.71. The Hall–Kier alpha value is -0.610. The van der Waals surface area contributed by atoms with Crippen LogP contribution in [0, 0.1) is 11.3 Å². The highest BCUT2D eigenvalue weighted by Crippen LogP contribution is 2.44. The fourth-order valence-corrected chi connectivity index (χ4v) is 4.92. The van der Waals surface area contributed by atoms with Crippen molar-refractivity contribution in [1.82, 2.24) is 4.98 Å². The Balaban J connectivity index is 1.71. The molecule has 0 aromatic carbocycles. The molecule has 2 aliphatic carbocycles. The summed E-state index contributed by atoms with van der Waals surface area (Å²) in [4.78, 5) is 8.28. The van der Waals surface area contributed by atoms with Gasteiger partial charge in [-0.3, -0.25) is 0 Å². The minimum atomic E-state index is -0.321. The Labute approximate surface area is 132 Å². The van der Waals surface area contributed by atoms with Gasteiger partial charge in [-0.25, -0.2) is 4.98 Å². The molecular weight excluding hydrogens is 280 g/mol. The number of anilines is 1. The van der Waals surface area contributed by atoms with Gasteiger partial charge in [0.25, 0.3) is 0 Å². The van der Waals surface area contributed by atoms with E-state index in [9.17, 15) is 5.11 Å². The summed E-state index contributed by atoms with van der Waals surface area (Å²) in [7, 11) is 2.16. The van der Waals surface area contributed by atoms with Gasteiger partial charge in [-0.05, 0) is 37.0 Å². The second kappa shape index (κ2) is 5.88. The number of hydrogen-bond acceptors (Lipinski definition) is 4. The highest BCUT2D eigenvalue weighted by atomic mass is 32.1. The van der Waals surface area contributed by atoms with Gasteiger partial charge in [-0.2, -0.15) is 0 Å². The van der Waals surface area contributed by atoms with Crippen LogP contribution in [0.25, 0.3) is 0 Å². The Morgan fingerprint density at radius 2 is 2.00 bits per heavy atom. The number of fused-ring (bicyclic) bond motifs is 1. The number of aliphatic hydroxyl groups excluding tert-OH is 1. The highest BCUT2D eigenvalue weighted by molar-refractivity contribution is 7.15. The van der Waals surface area contributed by atoms with Crippen LogP contribution in [0.15, 0.2) is 0 Å². The maximum atomic E-state index is 10.4. The van der Waals surface area contributed by atoms with Crippen molar-refractivity contribution in [2.75, 3.05) is 18.5 Å². The van der Waals surface area contributed by atoms with Gasteiger partial charge >= 0.3 is 0 Å². The molecule has 0 saturated heterocycles. The van der Waals surface area contributed by atoms with E-state index in [1.165, 1.54) is 32.1 Å².